The Bertz CT molecular complexity index is 513. The topological polar surface area (TPSA) is 55.8 Å². The Balaban J connectivity index is 0.00000312. The fourth-order valence-electron chi connectivity index (χ4n) is 2.93. The van der Waals surface area contributed by atoms with E-state index in [4.69, 9.17) is 0 Å². The van der Waals surface area contributed by atoms with Crippen molar-refractivity contribution in [3.63, 3.8) is 0 Å². The highest BCUT2D eigenvalue weighted by molar-refractivity contribution is 14.0. The van der Waals surface area contributed by atoms with Gasteiger partial charge in [-0.05, 0) is 19.4 Å². The van der Waals surface area contributed by atoms with Gasteiger partial charge in [-0.15, -0.1) is 35.3 Å². The number of piperazine rings is 1. The zero-order valence-corrected chi connectivity index (χ0v) is 19.1. The van der Waals surface area contributed by atoms with Gasteiger partial charge in [0.15, 0.2) is 5.96 Å². The summed E-state index contributed by atoms with van der Waals surface area (Å²) >= 11 is 1.72. The molecule has 1 saturated heterocycles. The van der Waals surface area contributed by atoms with E-state index in [-0.39, 0.29) is 24.0 Å². The summed E-state index contributed by atoms with van der Waals surface area (Å²) in [6.07, 6.45) is 1.91. The predicted molar refractivity (Wildman–Crippen MR) is 118 cm³/mol. The molecule has 1 aromatic rings. The minimum Gasteiger partial charge on any atom is -0.356 e. The lowest BCUT2D eigenvalue weighted by molar-refractivity contribution is 0.124. The van der Waals surface area contributed by atoms with Crippen molar-refractivity contribution >= 4 is 41.3 Å². The number of nitrogens with one attached hydrogen (secondary N) is 2. The maximum absolute atomic E-state index is 4.37. The fraction of sp³-hybridized carbons (Fsp3) is 0.765. The number of guanidine groups is 1. The van der Waals surface area contributed by atoms with Crippen LogP contribution in [-0.4, -0.2) is 73.6 Å². The highest BCUT2D eigenvalue weighted by Gasteiger charge is 2.17. The summed E-state index contributed by atoms with van der Waals surface area (Å²) in [4.78, 5) is 15.0. The molecule has 2 N–H and O–H groups in total. The average molecular weight is 480 g/mol. The van der Waals surface area contributed by atoms with Crippen molar-refractivity contribution in [1.29, 1.82) is 0 Å². The highest BCUT2D eigenvalue weighted by atomic mass is 127. The predicted octanol–water partition coefficient (Wildman–Crippen LogP) is 2.01. The van der Waals surface area contributed by atoms with Crippen LogP contribution < -0.4 is 10.6 Å². The number of hydrogen-bond acceptors (Lipinski definition) is 5. The van der Waals surface area contributed by atoms with Gasteiger partial charge >= 0.3 is 0 Å². The van der Waals surface area contributed by atoms with E-state index >= 15 is 0 Å². The van der Waals surface area contributed by atoms with E-state index in [9.17, 15) is 0 Å². The van der Waals surface area contributed by atoms with Gasteiger partial charge in [0.1, 0.15) is 5.01 Å². The van der Waals surface area contributed by atoms with Gasteiger partial charge in [0, 0.05) is 57.4 Å². The third kappa shape index (κ3) is 8.19. The molecular formula is C17H33IN6S. The summed E-state index contributed by atoms with van der Waals surface area (Å²) < 4.78 is 0. The van der Waals surface area contributed by atoms with Crippen molar-refractivity contribution < 1.29 is 0 Å². The van der Waals surface area contributed by atoms with Gasteiger partial charge in [-0.3, -0.25) is 4.99 Å². The van der Waals surface area contributed by atoms with Gasteiger partial charge in [0.2, 0.25) is 0 Å². The Hall–Kier alpha value is -0.450. The Morgan fingerprint density at radius 3 is 2.52 bits per heavy atom. The SMILES string of the molecule is CCN1CCN(CC(C)CNC(=NC)NCc2ncc(C)s2)CC1.I. The smallest absolute Gasteiger partial charge is 0.191 e. The van der Waals surface area contributed by atoms with Crippen LogP contribution in [0.15, 0.2) is 11.2 Å². The van der Waals surface area contributed by atoms with E-state index < -0.39 is 0 Å². The van der Waals surface area contributed by atoms with Crippen molar-refractivity contribution in [3.05, 3.63) is 16.1 Å². The molecule has 1 aromatic heterocycles. The first kappa shape index (κ1) is 22.6. The van der Waals surface area contributed by atoms with Gasteiger partial charge in [-0.1, -0.05) is 13.8 Å². The first-order valence-corrected chi connectivity index (χ1v) is 9.73. The molecule has 8 heteroatoms. The Morgan fingerprint density at radius 1 is 1.28 bits per heavy atom. The second kappa shape index (κ2) is 12.0. The fourth-order valence-corrected chi connectivity index (χ4v) is 3.65. The lowest BCUT2D eigenvalue weighted by Gasteiger charge is -2.35. The number of halogens is 1. The van der Waals surface area contributed by atoms with Crippen LogP contribution in [-0.2, 0) is 6.54 Å². The van der Waals surface area contributed by atoms with Gasteiger partial charge in [-0.25, -0.2) is 4.98 Å². The third-order valence-electron chi connectivity index (χ3n) is 4.40. The van der Waals surface area contributed by atoms with Crippen molar-refractivity contribution in [2.24, 2.45) is 10.9 Å². The van der Waals surface area contributed by atoms with E-state index in [1.165, 1.54) is 37.6 Å². The number of likely N-dealkylation sites (N-methyl/N-ethyl adjacent to an activating group) is 1. The van der Waals surface area contributed by atoms with Crippen molar-refractivity contribution in [3.8, 4) is 0 Å². The molecule has 0 aromatic carbocycles. The van der Waals surface area contributed by atoms with E-state index in [2.05, 4.69) is 51.2 Å². The molecule has 2 heterocycles. The second-order valence-electron chi connectivity index (χ2n) is 6.51. The number of thiazole rings is 1. The molecule has 144 valence electrons. The Labute approximate surface area is 173 Å². The molecule has 0 saturated carbocycles. The molecule has 1 aliphatic rings. The van der Waals surface area contributed by atoms with Crippen LogP contribution >= 0.6 is 35.3 Å². The standard InChI is InChI=1S/C17H32N6S.HI/c1-5-22-6-8-23(9-7-22)13-14(2)10-20-17(18-4)21-12-16-19-11-15(3)24-16;/h11,14H,5-10,12-13H2,1-4H3,(H2,18,20,21);1H. The number of nitrogens with zero attached hydrogens (tertiary/aromatic N) is 4. The molecule has 1 fully saturated rings. The van der Waals surface area contributed by atoms with Crippen LogP contribution in [0.5, 0.6) is 0 Å². The van der Waals surface area contributed by atoms with E-state index in [1.54, 1.807) is 11.3 Å². The zero-order valence-electron chi connectivity index (χ0n) is 15.9. The number of rotatable bonds is 7. The van der Waals surface area contributed by atoms with Crippen molar-refractivity contribution in [1.82, 2.24) is 25.4 Å². The summed E-state index contributed by atoms with van der Waals surface area (Å²) in [5, 5.41) is 7.87. The summed E-state index contributed by atoms with van der Waals surface area (Å²) in [6, 6.07) is 0. The summed E-state index contributed by atoms with van der Waals surface area (Å²) in [7, 11) is 1.82. The zero-order chi connectivity index (χ0) is 17.4. The molecule has 1 unspecified atom stereocenters. The quantitative estimate of drug-likeness (QED) is 0.355. The van der Waals surface area contributed by atoms with E-state index in [1.807, 2.05) is 13.2 Å². The number of aromatic nitrogens is 1. The van der Waals surface area contributed by atoms with Gasteiger partial charge in [-0.2, -0.15) is 0 Å². The molecule has 1 atom stereocenters. The van der Waals surface area contributed by atoms with Crippen LogP contribution in [0.4, 0.5) is 0 Å². The van der Waals surface area contributed by atoms with Gasteiger partial charge in [0.25, 0.3) is 0 Å². The van der Waals surface area contributed by atoms with Crippen LogP contribution in [0.1, 0.15) is 23.7 Å². The van der Waals surface area contributed by atoms with E-state index in [0.29, 0.717) is 5.92 Å². The maximum Gasteiger partial charge on any atom is 0.191 e. The largest absolute Gasteiger partial charge is 0.356 e. The molecule has 25 heavy (non-hydrogen) atoms. The van der Waals surface area contributed by atoms with E-state index in [0.717, 1.165) is 30.6 Å². The van der Waals surface area contributed by atoms with Crippen LogP contribution in [0, 0.1) is 12.8 Å². The molecule has 0 aliphatic carbocycles. The molecule has 0 spiro atoms. The third-order valence-corrected chi connectivity index (χ3v) is 5.31. The molecule has 2 rings (SSSR count). The Kier molecular flexibility index (Phi) is 10.9. The lowest BCUT2D eigenvalue weighted by Crippen LogP contribution is -2.48. The molecule has 1 aliphatic heterocycles. The molecular weight excluding hydrogens is 447 g/mol. The minimum absolute atomic E-state index is 0. The van der Waals surface area contributed by atoms with Crippen LogP contribution in [0.25, 0.3) is 0 Å². The number of hydrogen-bond donors (Lipinski definition) is 2. The first-order chi connectivity index (χ1) is 11.6. The van der Waals surface area contributed by atoms with Gasteiger partial charge in [0.05, 0.1) is 6.54 Å². The molecule has 0 amide bonds. The Morgan fingerprint density at radius 2 is 1.96 bits per heavy atom. The minimum atomic E-state index is 0. The molecule has 0 bridgehead atoms. The normalized spacial score (nSPS) is 17.8. The molecule has 6 nitrogen and oxygen atoms in total. The van der Waals surface area contributed by atoms with Crippen molar-refractivity contribution in [2.75, 3.05) is 52.9 Å². The van der Waals surface area contributed by atoms with Crippen LogP contribution in [0.2, 0.25) is 0 Å². The average Bonchev–Trinajstić information content (AvgIpc) is 3.01. The summed E-state index contributed by atoms with van der Waals surface area (Å²) in [5.41, 5.74) is 0. The number of aliphatic imine (C=N–C) groups is 1. The van der Waals surface area contributed by atoms with Crippen molar-refractivity contribution in [2.45, 2.75) is 27.3 Å². The van der Waals surface area contributed by atoms with Crippen LogP contribution in [0.3, 0.4) is 0 Å². The highest BCUT2D eigenvalue weighted by Crippen LogP contribution is 2.10. The monoisotopic (exact) mass is 480 g/mol. The molecule has 0 radical (unpaired) electrons. The van der Waals surface area contributed by atoms with Gasteiger partial charge < -0.3 is 20.4 Å². The summed E-state index contributed by atoms with van der Waals surface area (Å²) in [6.45, 7) is 15.4. The lowest BCUT2D eigenvalue weighted by atomic mass is 10.1. The second-order valence-corrected chi connectivity index (χ2v) is 7.83. The number of aryl methyl sites for hydroxylation is 1. The maximum atomic E-state index is 4.37. The summed E-state index contributed by atoms with van der Waals surface area (Å²) in [5.74, 6) is 1.45. The first-order valence-electron chi connectivity index (χ1n) is 8.91.